The smallest absolute Gasteiger partial charge is 0.410 e. The van der Waals surface area contributed by atoms with Crippen molar-refractivity contribution in [2.45, 2.75) is 56.2 Å². The number of anilines is 1. The summed E-state index contributed by atoms with van der Waals surface area (Å²) in [6.07, 6.45) is 0.773. The highest BCUT2D eigenvalue weighted by Gasteiger charge is 2.49. The number of nitrogens with zero attached hydrogens (tertiary/aromatic N) is 2. The van der Waals surface area contributed by atoms with E-state index < -0.39 is 39.6 Å². The Labute approximate surface area is 163 Å². The Morgan fingerprint density at radius 3 is 2.33 bits per heavy atom. The van der Waals surface area contributed by atoms with Crippen LogP contribution in [-0.2, 0) is 14.8 Å². The van der Waals surface area contributed by atoms with Crippen LogP contribution >= 0.6 is 11.6 Å². The number of sulfonamides is 1. The van der Waals surface area contributed by atoms with E-state index in [0.29, 0.717) is 12.8 Å². The molecule has 2 atom stereocenters. The van der Waals surface area contributed by atoms with E-state index in [9.17, 15) is 18.3 Å². The maximum absolute atomic E-state index is 13.2. The fourth-order valence-electron chi connectivity index (χ4n) is 3.64. The van der Waals surface area contributed by atoms with Crippen molar-refractivity contribution in [3.8, 4) is 5.75 Å². The van der Waals surface area contributed by atoms with Gasteiger partial charge in [-0.25, -0.2) is 13.2 Å². The van der Waals surface area contributed by atoms with E-state index in [4.69, 9.17) is 22.1 Å². The standard InChI is InChI=1S/C17H24ClN3O5S/c1-17(2,3)26-16(23)20-8-10-4-5-11(9-20)21(10)27(24,25)15-12(18)6-7-13(19)14(15)22/h6-7,10-11,22H,4-5,8-9,19H2,1-3H3. The largest absolute Gasteiger partial charge is 0.504 e. The number of carbonyl (C=O) groups excluding carboxylic acids is 1. The van der Waals surface area contributed by atoms with Gasteiger partial charge in [0.25, 0.3) is 0 Å². The van der Waals surface area contributed by atoms with Gasteiger partial charge in [-0.15, -0.1) is 0 Å². The third kappa shape index (κ3) is 3.68. The van der Waals surface area contributed by atoms with Gasteiger partial charge in [-0.3, -0.25) is 0 Å². The number of ether oxygens (including phenoxy) is 1. The molecular formula is C17H24ClN3O5S. The highest BCUT2D eigenvalue weighted by molar-refractivity contribution is 7.89. The molecule has 2 bridgehead atoms. The molecule has 0 spiro atoms. The SMILES string of the molecule is CC(C)(C)OC(=O)N1CC2CCC(C1)N2S(=O)(=O)c1c(Cl)ccc(N)c1O. The van der Waals surface area contributed by atoms with Crippen LogP contribution < -0.4 is 5.73 Å². The molecule has 0 aromatic heterocycles. The van der Waals surface area contributed by atoms with Crippen molar-refractivity contribution in [1.82, 2.24) is 9.21 Å². The van der Waals surface area contributed by atoms with E-state index in [1.165, 1.54) is 16.4 Å². The molecule has 8 nitrogen and oxygen atoms in total. The van der Waals surface area contributed by atoms with E-state index in [1.807, 2.05) is 0 Å². The summed E-state index contributed by atoms with van der Waals surface area (Å²) in [5.41, 5.74) is 4.98. The molecule has 0 saturated carbocycles. The maximum Gasteiger partial charge on any atom is 0.410 e. The maximum atomic E-state index is 13.2. The number of amides is 1. The number of likely N-dealkylation sites (tertiary alicyclic amines) is 1. The summed E-state index contributed by atoms with van der Waals surface area (Å²) in [4.78, 5) is 13.5. The Kier molecular flexibility index (Phi) is 4.98. The van der Waals surface area contributed by atoms with Gasteiger partial charge in [0, 0.05) is 25.2 Å². The minimum absolute atomic E-state index is 0.0577. The van der Waals surface area contributed by atoms with E-state index in [1.54, 1.807) is 25.7 Å². The first-order valence-corrected chi connectivity index (χ1v) is 10.5. The highest BCUT2D eigenvalue weighted by atomic mass is 35.5. The average molecular weight is 418 g/mol. The number of fused-ring (bicyclic) bond motifs is 2. The fourth-order valence-corrected chi connectivity index (χ4v) is 6.11. The Bertz CT molecular complexity index is 854. The van der Waals surface area contributed by atoms with E-state index in [2.05, 4.69) is 0 Å². The van der Waals surface area contributed by atoms with Gasteiger partial charge >= 0.3 is 6.09 Å². The zero-order valence-electron chi connectivity index (χ0n) is 15.5. The quantitative estimate of drug-likeness (QED) is 0.564. The van der Waals surface area contributed by atoms with Gasteiger partial charge in [0.15, 0.2) is 5.75 Å². The number of rotatable bonds is 2. The van der Waals surface area contributed by atoms with Crippen LogP contribution in [0.1, 0.15) is 33.6 Å². The number of nitrogens with two attached hydrogens (primary N) is 1. The van der Waals surface area contributed by atoms with Crippen molar-refractivity contribution in [2.24, 2.45) is 0 Å². The first-order valence-electron chi connectivity index (χ1n) is 8.70. The lowest BCUT2D eigenvalue weighted by molar-refractivity contribution is 0.0120. The number of phenols is 1. The predicted octanol–water partition coefficient (Wildman–Crippen LogP) is 2.40. The number of carbonyl (C=O) groups is 1. The number of piperazine rings is 1. The molecule has 10 heteroatoms. The van der Waals surface area contributed by atoms with Gasteiger partial charge in [0.05, 0.1) is 10.7 Å². The molecule has 2 aliphatic heterocycles. The molecule has 1 aromatic rings. The monoisotopic (exact) mass is 417 g/mol. The molecule has 0 radical (unpaired) electrons. The normalized spacial score (nSPS) is 23.5. The van der Waals surface area contributed by atoms with Crippen molar-refractivity contribution >= 4 is 33.4 Å². The molecule has 3 N–H and O–H groups in total. The summed E-state index contributed by atoms with van der Waals surface area (Å²) in [6.45, 7) is 5.80. The van der Waals surface area contributed by atoms with Crippen molar-refractivity contribution in [2.75, 3.05) is 18.8 Å². The number of phenolic OH excluding ortho intramolecular Hbond substituents is 1. The Hall–Kier alpha value is -1.71. The Morgan fingerprint density at radius 1 is 1.26 bits per heavy atom. The molecular weight excluding hydrogens is 394 g/mol. The summed E-state index contributed by atoms with van der Waals surface area (Å²) in [5, 5.41) is 10.1. The second-order valence-corrected chi connectivity index (χ2v) is 10.1. The third-order valence-corrected chi connectivity index (χ3v) is 7.22. The lowest BCUT2D eigenvalue weighted by Gasteiger charge is -2.40. The molecule has 2 unspecified atom stereocenters. The Balaban J connectivity index is 1.89. The molecule has 150 valence electrons. The summed E-state index contributed by atoms with van der Waals surface area (Å²) in [7, 11) is -4.07. The van der Waals surface area contributed by atoms with Crippen LogP contribution in [0.3, 0.4) is 0 Å². The van der Waals surface area contributed by atoms with Gasteiger partial charge in [-0.1, -0.05) is 11.6 Å². The molecule has 1 aromatic carbocycles. The minimum atomic E-state index is -4.07. The van der Waals surface area contributed by atoms with Crippen molar-refractivity contribution in [1.29, 1.82) is 0 Å². The molecule has 27 heavy (non-hydrogen) atoms. The molecule has 2 fully saturated rings. The molecule has 2 heterocycles. The number of benzene rings is 1. The summed E-state index contributed by atoms with van der Waals surface area (Å²) in [6, 6.07) is 1.89. The van der Waals surface area contributed by atoms with Crippen LogP contribution in [0.2, 0.25) is 5.02 Å². The second-order valence-electron chi connectivity index (χ2n) is 7.92. The zero-order chi connectivity index (χ0) is 20.1. The van der Waals surface area contributed by atoms with Gasteiger partial charge < -0.3 is 20.5 Å². The van der Waals surface area contributed by atoms with Crippen LogP contribution in [-0.4, -0.2) is 59.6 Å². The van der Waals surface area contributed by atoms with Gasteiger partial charge in [0.1, 0.15) is 10.5 Å². The highest BCUT2D eigenvalue weighted by Crippen LogP contribution is 2.42. The van der Waals surface area contributed by atoms with Gasteiger partial charge in [0.2, 0.25) is 10.0 Å². The molecule has 1 amide bonds. The third-order valence-electron chi connectivity index (χ3n) is 4.72. The number of nitrogen functional groups attached to an aromatic ring is 1. The Morgan fingerprint density at radius 2 is 1.81 bits per heavy atom. The number of halogens is 1. The molecule has 2 saturated heterocycles. The van der Waals surface area contributed by atoms with Crippen molar-refractivity contribution in [3.63, 3.8) is 0 Å². The van der Waals surface area contributed by atoms with Gasteiger partial charge in [-0.2, -0.15) is 4.31 Å². The fraction of sp³-hybridized carbons (Fsp3) is 0.588. The van der Waals surface area contributed by atoms with Crippen LogP contribution in [0.4, 0.5) is 10.5 Å². The van der Waals surface area contributed by atoms with Crippen LogP contribution in [0, 0.1) is 0 Å². The van der Waals surface area contributed by atoms with E-state index >= 15 is 0 Å². The second kappa shape index (κ2) is 6.72. The molecule has 0 aliphatic carbocycles. The summed E-state index contributed by atoms with van der Waals surface area (Å²) < 4.78 is 33.2. The topological polar surface area (TPSA) is 113 Å². The van der Waals surface area contributed by atoms with Crippen LogP contribution in [0.15, 0.2) is 17.0 Å². The van der Waals surface area contributed by atoms with E-state index in [0.717, 1.165) is 0 Å². The van der Waals surface area contributed by atoms with Gasteiger partial charge in [-0.05, 0) is 45.7 Å². The lowest BCUT2D eigenvalue weighted by Crippen LogP contribution is -2.57. The number of aromatic hydroxyl groups is 1. The number of hydrogen-bond donors (Lipinski definition) is 2. The average Bonchev–Trinajstić information content (AvgIpc) is 2.81. The zero-order valence-corrected chi connectivity index (χ0v) is 17.0. The van der Waals surface area contributed by atoms with Crippen molar-refractivity contribution < 1.29 is 23.1 Å². The van der Waals surface area contributed by atoms with Crippen LogP contribution in [0.25, 0.3) is 0 Å². The van der Waals surface area contributed by atoms with E-state index in [-0.39, 0.29) is 28.7 Å². The molecule has 3 rings (SSSR count). The number of hydrogen-bond acceptors (Lipinski definition) is 6. The van der Waals surface area contributed by atoms with Crippen molar-refractivity contribution in [3.05, 3.63) is 17.2 Å². The predicted molar refractivity (Wildman–Crippen MR) is 101 cm³/mol. The molecule has 2 aliphatic rings. The summed E-state index contributed by atoms with van der Waals surface area (Å²) >= 11 is 6.07. The first kappa shape index (κ1) is 20.0. The minimum Gasteiger partial charge on any atom is -0.504 e. The van der Waals surface area contributed by atoms with Crippen LogP contribution in [0.5, 0.6) is 5.75 Å². The summed E-state index contributed by atoms with van der Waals surface area (Å²) in [5.74, 6) is -0.545. The lowest BCUT2D eigenvalue weighted by atomic mass is 10.2. The first-order chi connectivity index (χ1) is 12.4.